The van der Waals surface area contributed by atoms with Crippen molar-refractivity contribution in [1.29, 1.82) is 0 Å². The van der Waals surface area contributed by atoms with Crippen molar-refractivity contribution in [2.45, 2.75) is 57.7 Å². The molecule has 1 rings (SSSR count). The molecule has 1 aliphatic carbocycles. The summed E-state index contributed by atoms with van der Waals surface area (Å²) in [7, 11) is 0. The molecule has 0 aliphatic heterocycles. The molecule has 1 fully saturated rings. The molecule has 0 aromatic carbocycles. The van der Waals surface area contributed by atoms with Crippen molar-refractivity contribution < 1.29 is 0 Å². The van der Waals surface area contributed by atoms with E-state index >= 15 is 0 Å². The smallest absolute Gasteiger partial charge is 0.0201 e. The van der Waals surface area contributed by atoms with Gasteiger partial charge >= 0.3 is 0 Å². The van der Waals surface area contributed by atoms with Crippen LogP contribution in [-0.2, 0) is 0 Å². The van der Waals surface area contributed by atoms with E-state index in [1.807, 2.05) is 0 Å². The minimum atomic E-state index is 0.773. The fraction of sp³-hybridized carbons (Fsp3) is 1.00. The predicted octanol–water partition coefficient (Wildman–Crippen LogP) is 3.54. The second-order valence-electron chi connectivity index (χ2n) is 5.15. The highest BCUT2D eigenvalue weighted by Gasteiger charge is 2.30. The Bertz CT molecular complexity index is 170. The van der Waals surface area contributed by atoms with Gasteiger partial charge in [0.05, 0.1) is 0 Å². The van der Waals surface area contributed by atoms with Crippen molar-refractivity contribution in [3.8, 4) is 0 Å². The molecule has 1 nitrogen and oxygen atoms in total. The van der Waals surface area contributed by atoms with E-state index < -0.39 is 0 Å². The van der Waals surface area contributed by atoms with Crippen molar-refractivity contribution >= 4 is 11.8 Å². The van der Waals surface area contributed by atoms with E-state index in [1.165, 1.54) is 32.2 Å². The van der Waals surface area contributed by atoms with Crippen molar-refractivity contribution in [3.63, 3.8) is 0 Å². The van der Waals surface area contributed by atoms with Gasteiger partial charge in [-0.3, -0.25) is 0 Å². The Morgan fingerprint density at radius 1 is 1.33 bits per heavy atom. The molecule has 0 saturated heterocycles. The minimum Gasteiger partial charge on any atom is -0.313 e. The lowest BCUT2D eigenvalue weighted by atomic mass is 9.79. The maximum absolute atomic E-state index is 3.71. The lowest BCUT2D eigenvalue weighted by Gasteiger charge is -2.37. The Morgan fingerprint density at radius 3 is 2.60 bits per heavy atom. The van der Waals surface area contributed by atoms with Crippen LogP contribution in [0.2, 0.25) is 0 Å². The first-order valence-electron chi connectivity index (χ1n) is 6.45. The van der Waals surface area contributed by atoms with Gasteiger partial charge in [0.1, 0.15) is 0 Å². The Morgan fingerprint density at radius 2 is 2.07 bits per heavy atom. The summed E-state index contributed by atoms with van der Waals surface area (Å²) in [5, 5.41) is 4.56. The number of nitrogens with one attached hydrogen (secondary N) is 1. The Labute approximate surface area is 99.8 Å². The lowest BCUT2D eigenvalue weighted by molar-refractivity contribution is 0.246. The van der Waals surface area contributed by atoms with E-state index in [-0.39, 0.29) is 0 Å². The van der Waals surface area contributed by atoms with Gasteiger partial charge in [-0.2, -0.15) is 11.8 Å². The van der Waals surface area contributed by atoms with Gasteiger partial charge in [-0.25, -0.2) is 0 Å². The molecular formula is C13H27NS. The first-order chi connectivity index (χ1) is 7.19. The topological polar surface area (TPSA) is 12.0 Å². The molecule has 3 atom stereocenters. The highest BCUT2D eigenvalue weighted by molar-refractivity contribution is 7.99. The fourth-order valence-electron chi connectivity index (χ4n) is 2.59. The highest BCUT2D eigenvalue weighted by Crippen LogP contribution is 2.35. The Hall–Kier alpha value is 0.310. The molecule has 1 aliphatic rings. The van der Waals surface area contributed by atoms with E-state index in [9.17, 15) is 0 Å². The molecule has 3 unspecified atom stereocenters. The van der Waals surface area contributed by atoms with Gasteiger partial charge in [-0.15, -0.1) is 0 Å². The first-order valence-corrected chi connectivity index (χ1v) is 7.74. The second-order valence-corrected chi connectivity index (χ2v) is 6.23. The molecule has 0 aromatic rings. The van der Waals surface area contributed by atoms with Crippen LogP contribution in [0.4, 0.5) is 0 Å². The minimum absolute atomic E-state index is 0.773. The molecular weight excluding hydrogens is 202 g/mol. The molecule has 0 heterocycles. The number of rotatable bonds is 5. The van der Waals surface area contributed by atoms with Gasteiger partial charge < -0.3 is 5.32 Å². The highest BCUT2D eigenvalue weighted by atomic mass is 32.2. The van der Waals surface area contributed by atoms with Crippen LogP contribution in [0.5, 0.6) is 0 Å². The van der Waals surface area contributed by atoms with Gasteiger partial charge in [0.2, 0.25) is 0 Å². The van der Waals surface area contributed by atoms with Gasteiger partial charge in [-0.05, 0) is 50.3 Å². The Kier molecular flexibility index (Phi) is 6.06. The summed E-state index contributed by atoms with van der Waals surface area (Å²) in [5.41, 5.74) is 0. The second kappa shape index (κ2) is 6.80. The van der Waals surface area contributed by atoms with Gasteiger partial charge in [0.25, 0.3) is 0 Å². The summed E-state index contributed by atoms with van der Waals surface area (Å²) in [6.45, 7) is 8.19. The Balaban J connectivity index is 2.41. The van der Waals surface area contributed by atoms with Crippen LogP contribution in [0.1, 0.15) is 46.5 Å². The molecule has 0 amide bonds. The normalized spacial score (nSPS) is 32.2. The summed E-state index contributed by atoms with van der Waals surface area (Å²) >= 11 is 2.06. The standard InChI is InChI=1S/C13H27NS/c1-5-8-14-12-7-6-11(10(2)3)9-13(12)15-4/h10-14H,5-9H2,1-4H3. The van der Waals surface area contributed by atoms with Crippen molar-refractivity contribution in [2.75, 3.05) is 12.8 Å². The average molecular weight is 229 g/mol. The molecule has 0 radical (unpaired) electrons. The molecule has 1 N–H and O–H groups in total. The summed E-state index contributed by atoms with van der Waals surface area (Å²) in [6.07, 6.45) is 7.75. The molecule has 0 bridgehead atoms. The zero-order chi connectivity index (χ0) is 11.3. The summed E-state index contributed by atoms with van der Waals surface area (Å²) < 4.78 is 0. The SMILES string of the molecule is CCCNC1CCC(C(C)C)CC1SC. The zero-order valence-corrected chi connectivity index (χ0v) is 11.6. The van der Waals surface area contributed by atoms with E-state index in [1.54, 1.807) is 0 Å². The van der Waals surface area contributed by atoms with Crippen LogP contribution in [0.3, 0.4) is 0 Å². The molecule has 0 aromatic heterocycles. The average Bonchev–Trinajstić information content (AvgIpc) is 2.25. The molecule has 2 heteroatoms. The van der Waals surface area contributed by atoms with Gasteiger partial charge in [0, 0.05) is 11.3 Å². The van der Waals surface area contributed by atoms with Crippen LogP contribution >= 0.6 is 11.8 Å². The van der Waals surface area contributed by atoms with Crippen molar-refractivity contribution in [1.82, 2.24) is 5.32 Å². The van der Waals surface area contributed by atoms with E-state index in [0.717, 1.165) is 23.1 Å². The quantitative estimate of drug-likeness (QED) is 0.774. The van der Waals surface area contributed by atoms with Crippen molar-refractivity contribution in [3.05, 3.63) is 0 Å². The lowest BCUT2D eigenvalue weighted by Crippen LogP contribution is -2.43. The van der Waals surface area contributed by atoms with Crippen LogP contribution in [0, 0.1) is 11.8 Å². The number of hydrogen-bond acceptors (Lipinski definition) is 2. The fourth-order valence-corrected chi connectivity index (χ4v) is 3.59. The van der Waals surface area contributed by atoms with Gasteiger partial charge in [0.15, 0.2) is 0 Å². The molecule has 15 heavy (non-hydrogen) atoms. The van der Waals surface area contributed by atoms with Gasteiger partial charge in [-0.1, -0.05) is 20.8 Å². The summed E-state index contributed by atoms with van der Waals surface area (Å²) in [5.74, 6) is 1.83. The monoisotopic (exact) mass is 229 g/mol. The third-order valence-electron chi connectivity index (χ3n) is 3.73. The van der Waals surface area contributed by atoms with Crippen LogP contribution in [0.15, 0.2) is 0 Å². The van der Waals surface area contributed by atoms with Crippen LogP contribution in [-0.4, -0.2) is 24.1 Å². The van der Waals surface area contributed by atoms with E-state index in [4.69, 9.17) is 0 Å². The summed E-state index contributed by atoms with van der Waals surface area (Å²) in [4.78, 5) is 0. The zero-order valence-electron chi connectivity index (χ0n) is 10.8. The summed E-state index contributed by atoms with van der Waals surface area (Å²) in [6, 6.07) is 0.773. The van der Waals surface area contributed by atoms with Crippen LogP contribution in [0.25, 0.3) is 0 Å². The van der Waals surface area contributed by atoms with E-state index in [2.05, 4.69) is 44.1 Å². The number of thioether (sulfide) groups is 1. The van der Waals surface area contributed by atoms with Crippen LogP contribution < -0.4 is 5.32 Å². The van der Waals surface area contributed by atoms with E-state index in [0.29, 0.717) is 0 Å². The predicted molar refractivity (Wildman–Crippen MR) is 71.6 cm³/mol. The van der Waals surface area contributed by atoms with Crippen molar-refractivity contribution in [2.24, 2.45) is 11.8 Å². The maximum Gasteiger partial charge on any atom is 0.0201 e. The largest absolute Gasteiger partial charge is 0.313 e. The first kappa shape index (κ1) is 13.4. The maximum atomic E-state index is 3.71. The third-order valence-corrected chi connectivity index (χ3v) is 4.86. The number of hydrogen-bond donors (Lipinski definition) is 1. The molecule has 1 saturated carbocycles. The molecule has 90 valence electrons. The third kappa shape index (κ3) is 3.99. The molecule has 0 spiro atoms.